The Labute approximate surface area is 96.7 Å². The maximum atomic E-state index is 13.3. The molecule has 1 aliphatic rings. The predicted octanol–water partition coefficient (Wildman–Crippen LogP) is 4.75. The summed E-state index contributed by atoms with van der Waals surface area (Å²) in [5.74, 6) is -2.11. The van der Waals surface area contributed by atoms with Gasteiger partial charge in [0.05, 0.1) is 0 Å². The van der Waals surface area contributed by atoms with Gasteiger partial charge in [-0.05, 0) is 18.3 Å². The highest BCUT2D eigenvalue weighted by Crippen LogP contribution is 2.32. The molecule has 0 nitrogen and oxygen atoms in total. The van der Waals surface area contributed by atoms with Gasteiger partial charge < -0.3 is 0 Å². The summed E-state index contributed by atoms with van der Waals surface area (Å²) in [7, 11) is 0. The minimum absolute atomic E-state index is 0.110. The minimum Gasteiger partial charge on any atom is -0.202 e. The van der Waals surface area contributed by atoms with Gasteiger partial charge in [0.15, 0.2) is 0 Å². The van der Waals surface area contributed by atoms with Crippen LogP contribution in [0.25, 0.3) is 0 Å². The van der Waals surface area contributed by atoms with Gasteiger partial charge in [0.1, 0.15) is 0 Å². The van der Waals surface area contributed by atoms with Gasteiger partial charge in [0.2, 0.25) is 0 Å². The van der Waals surface area contributed by atoms with Crippen molar-refractivity contribution in [2.24, 2.45) is 11.8 Å². The predicted molar refractivity (Wildman–Crippen MR) is 64.5 cm³/mol. The third-order valence-electron chi connectivity index (χ3n) is 2.97. The van der Waals surface area contributed by atoms with Crippen LogP contribution in [0.3, 0.4) is 0 Å². The third-order valence-corrected chi connectivity index (χ3v) is 2.97. The van der Waals surface area contributed by atoms with Crippen LogP contribution in [-0.2, 0) is 0 Å². The molecule has 0 aromatic rings. The fourth-order valence-corrected chi connectivity index (χ4v) is 1.97. The van der Waals surface area contributed by atoms with Crippen LogP contribution in [0, 0.1) is 11.8 Å². The van der Waals surface area contributed by atoms with Crippen molar-refractivity contribution in [3.63, 3.8) is 0 Å². The summed E-state index contributed by atoms with van der Waals surface area (Å²) in [6, 6.07) is 0. The van der Waals surface area contributed by atoms with Crippen molar-refractivity contribution in [2.75, 3.05) is 0 Å². The van der Waals surface area contributed by atoms with Crippen molar-refractivity contribution in [3.8, 4) is 0 Å². The Morgan fingerprint density at radius 2 is 2.00 bits per heavy atom. The topological polar surface area (TPSA) is 0 Å². The second-order valence-corrected chi connectivity index (χ2v) is 4.87. The zero-order chi connectivity index (χ0) is 12.3. The minimum atomic E-state index is -2.76. The summed E-state index contributed by atoms with van der Waals surface area (Å²) in [4.78, 5) is 0. The first-order valence-corrected chi connectivity index (χ1v) is 5.79. The van der Waals surface area contributed by atoms with E-state index in [0.29, 0.717) is 11.8 Å². The second kappa shape index (κ2) is 4.94. The van der Waals surface area contributed by atoms with Crippen molar-refractivity contribution >= 4 is 0 Å². The summed E-state index contributed by atoms with van der Waals surface area (Å²) >= 11 is 0. The molecular formula is C14H20F2. The molecule has 1 aliphatic carbocycles. The van der Waals surface area contributed by atoms with E-state index in [4.69, 9.17) is 0 Å². The summed E-state index contributed by atoms with van der Waals surface area (Å²) in [5, 5.41) is 0. The Morgan fingerprint density at radius 1 is 1.38 bits per heavy atom. The number of alkyl halides is 2. The first-order valence-electron chi connectivity index (χ1n) is 5.79. The van der Waals surface area contributed by atoms with Gasteiger partial charge >= 0.3 is 0 Å². The average molecular weight is 226 g/mol. The standard InChI is InChI=1S/C14H20F2/c1-10(2)13-9-12(14(4,15)16)8-6-5-7-11(13)3/h5-6,8-11H,7H2,1-4H3. The lowest BCUT2D eigenvalue weighted by molar-refractivity contribution is 0.0672. The Bertz CT molecular complexity index is 327. The van der Waals surface area contributed by atoms with Crippen molar-refractivity contribution in [3.05, 3.63) is 35.5 Å². The van der Waals surface area contributed by atoms with Crippen molar-refractivity contribution < 1.29 is 8.78 Å². The number of halogens is 2. The highest BCUT2D eigenvalue weighted by atomic mass is 19.3. The van der Waals surface area contributed by atoms with Gasteiger partial charge in [-0.3, -0.25) is 0 Å². The molecule has 0 aliphatic heterocycles. The molecule has 0 N–H and O–H groups in total. The van der Waals surface area contributed by atoms with Gasteiger partial charge in [-0.15, -0.1) is 0 Å². The molecule has 90 valence electrons. The van der Waals surface area contributed by atoms with Crippen LogP contribution >= 0.6 is 0 Å². The van der Waals surface area contributed by atoms with Gasteiger partial charge in [0, 0.05) is 12.5 Å². The van der Waals surface area contributed by atoms with Crippen LogP contribution in [0.15, 0.2) is 35.5 Å². The van der Waals surface area contributed by atoms with E-state index in [2.05, 4.69) is 20.8 Å². The third kappa shape index (κ3) is 3.29. The lowest BCUT2D eigenvalue weighted by Gasteiger charge is -2.22. The molecule has 0 spiro atoms. The van der Waals surface area contributed by atoms with Gasteiger partial charge in [0.25, 0.3) is 5.92 Å². The molecule has 1 atom stereocenters. The van der Waals surface area contributed by atoms with E-state index >= 15 is 0 Å². The number of hydrogen-bond acceptors (Lipinski definition) is 0. The fourth-order valence-electron chi connectivity index (χ4n) is 1.97. The van der Waals surface area contributed by atoms with E-state index in [9.17, 15) is 8.78 Å². The van der Waals surface area contributed by atoms with E-state index in [0.717, 1.165) is 18.9 Å². The summed E-state index contributed by atoms with van der Waals surface area (Å²) in [6.45, 7) is 7.15. The molecule has 0 amide bonds. The van der Waals surface area contributed by atoms with Gasteiger partial charge in [-0.25, -0.2) is 8.78 Å². The van der Waals surface area contributed by atoms with Gasteiger partial charge in [-0.1, -0.05) is 50.6 Å². The zero-order valence-corrected chi connectivity index (χ0v) is 10.4. The molecular weight excluding hydrogens is 206 g/mol. The maximum absolute atomic E-state index is 13.3. The molecule has 0 heterocycles. The molecule has 1 unspecified atom stereocenters. The average Bonchev–Trinajstić information content (AvgIpc) is 2.09. The quantitative estimate of drug-likeness (QED) is 0.637. The number of rotatable bonds is 2. The van der Waals surface area contributed by atoms with Crippen LogP contribution in [-0.4, -0.2) is 5.92 Å². The molecule has 0 fully saturated rings. The Kier molecular flexibility index (Phi) is 4.06. The molecule has 2 heteroatoms. The highest BCUT2D eigenvalue weighted by molar-refractivity contribution is 5.35. The van der Waals surface area contributed by atoms with Crippen LogP contribution < -0.4 is 0 Å². The van der Waals surface area contributed by atoms with Gasteiger partial charge in [-0.2, -0.15) is 0 Å². The largest absolute Gasteiger partial charge is 0.270 e. The van der Waals surface area contributed by atoms with E-state index in [-0.39, 0.29) is 5.57 Å². The van der Waals surface area contributed by atoms with E-state index < -0.39 is 5.92 Å². The SMILES string of the molecule is CC(C)C1=CC(C(C)(F)F)=CC=CCC1C. The molecule has 0 aromatic heterocycles. The van der Waals surface area contributed by atoms with Crippen LogP contribution in [0.1, 0.15) is 34.1 Å². The lowest BCUT2D eigenvalue weighted by atomic mass is 9.85. The van der Waals surface area contributed by atoms with Crippen molar-refractivity contribution in [1.82, 2.24) is 0 Å². The molecule has 16 heavy (non-hydrogen) atoms. The Morgan fingerprint density at radius 3 is 2.50 bits per heavy atom. The first-order chi connectivity index (χ1) is 7.32. The van der Waals surface area contributed by atoms with E-state index in [1.807, 2.05) is 6.08 Å². The molecule has 1 rings (SSSR count). The van der Waals surface area contributed by atoms with Crippen LogP contribution in [0.5, 0.6) is 0 Å². The zero-order valence-electron chi connectivity index (χ0n) is 10.4. The molecule has 0 saturated carbocycles. The number of hydrogen-bond donors (Lipinski definition) is 0. The van der Waals surface area contributed by atoms with Crippen molar-refractivity contribution in [2.45, 2.75) is 40.0 Å². The van der Waals surface area contributed by atoms with Crippen LogP contribution in [0.2, 0.25) is 0 Å². The van der Waals surface area contributed by atoms with E-state index in [1.54, 1.807) is 12.2 Å². The Balaban J connectivity index is 3.15. The van der Waals surface area contributed by atoms with Crippen molar-refractivity contribution in [1.29, 1.82) is 0 Å². The second-order valence-electron chi connectivity index (χ2n) is 4.87. The lowest BCUT2D eigenvalue weighted by Crippen LogP contribution is -2.15. The normalized spacial score (nSPS) is 22.6. The highest BCUT2D eigenvalue weighted by Gasteiger charge is 2.27. The smallest absolute Gasteiger partial charge is 0.202 e. The maximum Gasteiger partial charge on any atom is 0.270 e. The molecule has 0 saturated heterocycles. The van der Waals surface area contributed by atoms with Crippen LogP contribution in [0.4, 0.5) is 8.78 Å². The summed E-state index contributed by atoms with van der Waals surface area (Å²) < 4.78 is 26.7. The summed E-state index contributed by atoms with van der Waals surface area (Å²) in [6.07, 6.45) is 7.82. The number of allylic oxidation sites excluding steroid dienone is 6. The first kappa shape index (κ1) is 13.1. The van der Waals surface area contributed by atoms with E-state index in [1.165, 1.54) is 6.08 Å². The molecule has 0 radical (unpaired) electrons. The fraction of sp³-hybridized carbons (Fsp3) is 0.571. The summed E-state index contributed by atoms with van der Waals surface area (Å²) in [5.41, 5.74) is 1.22. The molecule has 0 bridgehead atoms. The monoisotopic (exact) mass is 226 g/mol. The molecule has 0 aromatic carbocycles. The Hall–Kier alpha value is -0.920.